The van der Waals surface area contributed by atoms with Crippen molar-refractivity contribution < 1.29 is 14.5 Å². The third-order valence-corrected chi connectivity index (χ3v) is 4.93. The molecule has 0 aliphatic carbocycles. The van der Waals surface area contributed by atoms with Gasteiger partial charge in [-0.05, 0) is 18.2 Å². The first-order valence-corrected chi connectivity index (χ1v) is 8.35. The number of thiazole rings is 1. The Hall–Kier alpha value is -2.42. The van der Waals surface area contributed by atoms with Crippen LogP contribution < -0.4 is 10.1 Å². The Morgan fingerprint density at radius 1 is 1.28 bits per heavy atom. The largest absolute Gasteiger partial charge is 0.494 e. The van der Waals surface area contributed by atoms with E-state index in [4.69, 9.17) is 27.9 Å². The minimum atomic E-state index is -0.518. The number of benzene rings is 2. The van der Waals surface area contributed by atoms with Crippen LogP contribution in [0.25, 0.3) is 10.2 Å². The van der Waals surface area contributed by atoms with Crippen LogP contribution in [-0.4, -0.2) is 22.9 Å². The molecule has 0 aliphatic heterocycles. The fraction of sp³-hybridized carbons (Fsp3) is 0.0667. The van der Waals surface area contributed by atoms with Crippen LogP contribution in [0.1, 0.15) is 10.4 Å². The molecule has 1 amide bonds. The zero-order chi connectivity index (χ0) is 18.1. The molecule has 128 valence electrons. The third kappa shape index (κ3) is 3.51. The maximum Gasteiger partial charge on any atom is 0.274 e. The number of hydrogen-bond donors (Lipinski definition) is 1. The second-order valence-corrected chi connectivity index (χ2v) is 6.70. The smallest absolute Gasteiger partial charge is 0.274 e. The highest BCUT2D eigenvalue weighted by molar-refractivity contribution is 7.22. The lowest BCUT2D eigenvalue weighted by Gasteiger charge is -2.03. The number of hydrogen-bond acceptors (Lipinski definition) is 6. The number of rotatable bonds is 4. The maximum absolute atomic E-state index is 12.3. The van der Waals surface area contributed by atoms with Crippen LogP contribution in [0.2, 0.25) is 10.0 Å². The summed E-state index contributed by atoms with van der Waals surface area (Å²) in [5.74, 6) is -0.165. The zero-order valence-corrected chi connectivity index (χ0v) is 14.9. The number of nitrogens with zero attached hydrogens (tertiary/aromatic N) is 2. The molecule has 0 radical (unpaired) electrons. The summed E-state index contributed by atoms with van der Waals surface area (Å²) >= 11 is 12.8. The molecule has 3 aromatic rings. The fourth-order valence-electron chi connectivity index (χ4n) is 2.11. The molecule has 0 saturated heterocycles. The Bertz CT molecular complexity index is 1010. The minimum Gasteiger partial charge on any atom is -0.494 e. The zero-order valence-electron chi connectivity index (χ0n) is 12.6. The van der Waals surface area contributed by atoms with Crippen LogP contribution in [0.15, 0.2) is 30.3 Å². The summed E-state index contributed by atoms with van der Waals surface area (Å²) in [6, 6.07) is 7.15. The van der Waals surface area contributed by atoms with Crippen LogP contribution in [0.4, 0.5) is 10.8 Å². The van der Waals surface area contributed by atoms with Gasteiger partial charge in [-0.2, -0.15) is 0 Å². The molecule has 25 heavy (non-hydrogen) atoms. The van der Waals surface area contributed by atoms with Gasteiger partial charge in [0.15, 0.2) is 10.9 Å². The van der Waals surface area contributed by atoms with Crippen molar-refractivity contribution in [2.75, 3.05) is 12.4 Å². The average Bonchev–Trinajstić information content (AvgIpc) is 2.98. The molecule has 7 nitrogen and oxygen atoms in total. The first-order valence-electron chi connectivity index (χ1n) is 6.78. The van der Waals surface area contributed by atoms with E-state index < -0.39 is 10.8 Å². The normalized spacial score (nSPS) is 10.7. The summed E-state index contributed by atoms with van der Waals surface area (Å²) < 4.78 is 5.67. The summed E-state index contributed by atoms with van der Waals surface area (Å²) in [4.78, 5) is 27.0. The van der Waals surface area contributed by atoms with Crippen molar-refractivity contribution >= 4 is 61.5 Å². The first-order chi connectivity index (χ1) is 11.9. The number of nitrogens with one attached hydrogen (secondary N) is 1. The van der Waals surface area contributed by atoms with Gasteiger partial charge in [-0.1, -0.05) is 34.5 Å². The van der Waals surface area contributed by atoms with Gasteiger partial charge in [0.05, 0.1) is 32.8 Å². The average molecular weight is 398 g/mol. The first kappa shape index (κ1) is 17.4. The van der Waals surface area contributed by atoms with Gasteiger partial charge in [0.1, 0.15) is 5.52 Å². The van der Waals surface area contributed by atoms with Crippen molar-refractivity contribution in [2.45, 2.75) is 0 Å². The van der Waals surface area contributed by atoms with Gasteiger partial charge in [-0.25, -0.2) is 4.98 Å². The molecular weight excluding hydrogens is 389 g/mol. The summed E-state index contributed by atoms with van der Waals surface area (Å²) in [6.45, 7) is 0. The van der Waals surface area contributed by atoms with Crippen molar-refractivity contribution in [3.05, 3.63) is 56.1 Å². The van der Waals surface area contributed by atoms with E-state index in [1.54, 1.807) is 0 Å². The van der Waals surface area contributed by atoms with E-state index in [2.05, 4.69) is 10.3 Å². The van der Waals surface area contributed by atoms with Crippen molar-refractivity contribution in [2.24, 2.45) is 0 Å². The molecule has 1 aromatic heterocycles. The Morgan fingerprint density at radius 3 is 2.68 bits per heavy atom. The Balaban J connectivity index is 1.95. The molecule has 1 heterocycles. The number of nitro benzene ring substituents is 1. The van der Waals surface area contributed by atoms with Gasteiger partial charge in [0.2, 0.25) is 0 Å². The number of non-ortho nitro benzene ring substituents is 1. The van der Waals surface area contributed by atoms with Crippen molar-refractivity contribution in [1.29, 1.82) is 0 Å². The Labute approximate surface area is 155 Å². The maximum atomic E-state index is 12.3. The summed E-state index contributed by atoms with van der Waals surface area (Å²) in [5.41, 5.74) is 0.629. The number of anilines is 1. The van der Waals surface area contributed by atoms with Gasteiger partial charge in [0.25, 0.3) is 11.6 Å². The van der Waals surface area contributed by atoms with Gasteiger partial charge in [-0.15, -0.1) is 0 Å². The Morgan fingerprint density at radius 2 is 2.04 bits per heavy atom. The van der Waals surface area contributed by atoms with Crippen LogP contribution in [0.3, 0.4) is 0 Å². The highest BCUT2D eigenvalue weighted by Gasteiger charge is 2.18. The number of ether oxygens (including phenoxy) is 1. The van der Waals surface area contributed by atoms with Crippen molar-refractivity contribution in [3.63, 3.8) is 0 Å². The topological polar surface area (TPSA) is 94.4 Å². The number of halogens is 2. The van der Waals surface area contributed by atoms with Gasteiger partial charge in [0, 0.05) is 11.6 Å². The van der Waals surface area contributed by atoms with E-state index >= 15 is 0 Å². The number of amides is 1. The number of fused-ring (bicyclic) bond motifs is 1. The van der Waals surface area contributed by atoms with Crippen LogP contribution in [-0.2, 0) is 0 Å². The van der Waals surface area contributed by atoms with E-state index in [1.165, 1.54) is 37.4 Å². The number of carbonyl (C=O) groups excluding carboxylic acids is 1. The SMILES string of the molecule is COc1cc([N+](=O)[O-])cc2sc(NC(=O)c3ccc(Cl)c(Cl)c3)nc12. The molecule has 2 aromatic carbocycles. The molecule has 0 bridgehead atoms. The highest BCUT2D eigenvalue weighted by Crippen LogP contribution is 2.36. The van der Waals surface area contributed by atoms with Gasteiger partial charge in [-0.3, -0.25) is 20.2 Å². The molecule has 0 saturated carbocycles. The predicted molar refractivity (Wildman–Crippen MR) is 97.2 cm³/mol. The van der Waals surface area contributed by atoms with Crippen LogP contribution in [0.5, 0.6) is 5.75 Å². The number of carbonyl (C=O) groups is 1. The molecule has 0 spiro atoms. The second-order valence-electron chi connectivity index (χ2n) is 4.85. The van der Waals surface area contributed by atoms with E-state index in [9.17, 15) is 14.9 Å². The third-order valence-electron chi connectivity index (χ3n) is 3.28. The van der Waals surface area contributed by atoms with Gasteiger partial charge >= 0.3 is 0 Å². The highest BCUT2D eigenvalue weighted by atomic mass is 35.5. The molecule has 0 fully saturated rings. The summed E-state index contributed by atoms with van der Waals surface area (Å²) in [6.07, 6.45) is 0. The molecule has 0 aliphatic rings. The van der Waals surface area contributed by atoms with Crippen molar-refractivity contribution in [1.82, 2.24) is 4.98 Å². The molecule has 0 unspecified atom stereocenters. The summed E-state index contributed by atoms with van der Waals surface area (Å²) in [5, 5.41) is 14.5. The number of methoxy groups -OCH3 is 1. The Kier molecular flexibility index (Phi) is 4.76. The lowest BCUT2D eigenvalue weighted by atomic mass is 10.2. The number of nitro groups is 1. The molecular formula is C15H9Cl2N3O4S. The van der Waals surface area contributed by atoms with E-state index in [0.717, 1.165) is 11.3 Å². The lowest BCUT2D eigenvalue weighted by Crippen LogP contribution is -2.11. The molecule has 1 N–H and O–H groups in total. The van der Waals surface area contributed by atoms with E-state index in [1.807, 2.05) is 0 Å². The van der Waals surface area contributed by atoms with E-state index in [-0.39, 0.29) is 21.6 Å². The minimum absolute atomic E-state index is 0.115. The molecule has 10 heteroatoms. The molecule has 3 rings (SSSR count). The second kappa shape index (κ2) is 6.83. The number of aromatic nitrogens is 1. The quantitative estimate of drug-likeness (QED) is 0.505. The van der Waals surface area contributed by atoms with Crippen LogP contribution >= 0.6 is 34.5 Å². The standard InChI is InChI=1S/C15H9Cl2N3O4S/c1-24-11-5-8(20(22)23)6-12-13(11)18-15(25-12)19-14(21)7-2-3-9(16)10(17)4-7/h2-6H,1H3,(H,18,19,21). The van der Waals surface area contributed by atoms with E-state index in [0.29, 0.717) is 20.8 Å². The molecule has 0 atom stereocenters. The predicted octanol–water partition coefficient (Wildman–Crippen LogP) is 4.77. The van der Waals surface area contributed by atoms with Crippen LogP contribution in [0, 0.1) is 10.1 Å². The van der Waals surface area contributed by atoms with Crippen molar-refractivity contribution in [3.8, 4) is 5.75 Å². The monoisotopic (exact) mass is 397 g/mol. The van der Waals surface area contributed by atoms with Gasteiger partial charge < -0.3 is 4.74 Å². The summed E-state index contributed by atoms with van der Waals surface area (Å²) in [7, 11) is 1.39. The lowest BCUT2D eigenvalue weighted by molar-refractivity contribution is -0.384. The fourth-order valence-corrected chi connectivity index (χ4v) is 3.32.